The third-order valence-electron chi connectivity index (χ3n) is 6.25. The van der Waals surface area contributed by atoms with Crippen LogP contribution in [-0.2, 0) is 7.05 Å². The number of hydrogen-bond donors (Lipinski definition) is 1. The van der Waals surface area contributed by atoms with Gasteiger partial charge in [0.05, 0.1) is 6.20 Å². The molecule has 4 rings (SSSR count). The molecular formula is C22H32N4O. The summed E-state index contributed by atoms with van der Waals surface area (Å²) in [7, 11) is 6.25. The molecule has 2 aliphatic rings. The molecule has 27 heavy (non-hydrogen) atoms. The van der Waals surface area contributed by atoms with Crippen LogP contribution in [0.5, 0.6) is 5.75 Å². The second-order valence-corrected chi connectivity index (χ2v) is 8.48. The average Bonchev–Trinajstić information content (AvgIpc) is 3.08. The molecule has 1 aliphatic carbocycles. The van der Waals surface area contributed by atoms with Crippen LogP contribution in [0, 0.1) is 0 Å². The van der Waals surface area contributed by atoms with Crippen LogP contribution < -0.4 is 10.1 Å². The molecule has 0 saturated heterocycles. The molecule has 0 radical (unpaired) electrons. The van der Waals surface area contributed by atoms with Gasteiger partial charge in [0.1, 0.15) is 11.4 Å². The largest absolute Gasteiger partial charge is 0.487 e. The van der Waals surface area contributed by atoms with E-state index in [9.17, 15) is 0 Å². The van der Waals surface area contributed by atoms with Gasteiger partial charge in [0.25, 0.3) is 0 Å². The van der Waals surface area contributed by atoms with Crippen molar-refractivity contribution in [2.24, 2.45) is 7.05 Å². The van der Waals surface area contributed by atoms with Gasteiger partial charge >= 0.3 is 0 Å². The highest BCUT2D eigenvalue weighted by atomic mass is 16.5. The minimum Gasteiger partial charge on any atom is -0.487 e. The van der Waals surface area contributed by atoms with Crippen LogP contribution in [0.3, 0.4) is 0 Å². The molecule has 1 spiro atoms. The summed E-state index contributed by atoms with van der Waals surface area (Å²) < 4.78 is 8.45. The van der Waals surface area contributed by atoms with Crippen LogP contribution >= 0.6 is 0 Å². The Labute approximate surface area is 162 Å². The van der Waals surface area contributed by atoms with E-state index >= 15 is 0 Å². The lowest BCUT2D eigenvalue weighted by molar-refractivity contribution is -0.00330. The Morgan fingerprint density at radius 1 is 1.26 bits per heavy atom. The number of nitrogens with one attached hydrogen (secondary N) is 1. The Morgan fingerprint density at radius 3 is 2.74 bits per heavy atom. The molecule has 1 aromatic heterocycles. The average molecular weight is 369 g/mol. The van der Waals surface area contributed by atoms with E-state index in [0.717, 1.165) is 18.7 Å². The smallest absolute Gasteiger partial charge is 0.124 e. The highest BCUT2D eigenvalue weighted by molar-refractivity contribution is 5.39. The van der Waals surface area contributed by atoms with E-state index in [0.29, 0.717) is 12.1 Å². The fraction of sp³-hybridized carbons (Fsp3) is 0.591. The lowest BCUT2D eigenvalue weighted by atomic mass is 9.77. The van der Waals surface area contributed by atoms with Crippen LogP contribution in [0.2, 0.25) is 0 Å². The van der Waals surface area contributed by atoms with Gasteiger partial charge in [-0.3, -0.25) is 4.68 Å². The number of rotatable bonds is 5. The second kappa shape index (κ2) is 7.64. The van der Waals surface area contributed by atoms with Gasteiger partial charge in [-0.15, -0.1) is 0 Å². The molecule has 0 unspecified atom stereocenters. The molecule has 2 aromatic rings. The van der Waals surface area contributed by atoms with Crippen LogP contribution in [0.15, 0.2) is 36.7 Å². The first-order valence-corrected chi connectivity index (χ1v) is 10.2. The van der Waals surface area contributed by atoms with Gasteiger partial charge in [0.2, 0.25) is 0 Å². The van der Waals surface area contributed by atoms with Gasteiger partial charge in [-0.1, -0.05) is 24.6 Å². The standard InChI is InChI=1S/C22H32N4O/c1-25(2)20(17-14-24-26(3)16-17)15-23-19-13-22(11-7-4-8-12-22)27-21-10-6-5-9-18(19)21/h5-6,9-10,14,16,19-20,23H,4,7-8,11-13,15H2,1-3H3/t19-,20-/m1/s1. The maximum atomic E-state index is 6.57. The summed E-state index contributed by atoms with van der Waals surface area (Å²) in [6, 6.07) is 9.22. The second-order valence-electron chi connectivity index (χ2n) is 8.48. The van der Waals surface area contributed by atoms with E-state index < -0.39 is 0 Å². The minimum absolute atomic E-state index is 0.0200. The lowest BCUT2D eigenvalue weighted by Gasteiger charge is -2.45. The highest BCUT2D eigenvalue weighted by Crippen LogP contribution is 2.46. The first-order valence-electron chi connectivity index (χ1n) is 10.2. The predicted molar refractivity (Wildman–Crippen MR) is 108 cm³/mol. The zero-order chi connectivity index (χ0) is 18.9. The molecule has 2 atom stereocenters. The van der Waals surface area contributed by atoms with Gasteiger partial charge in [0, 0.05) is 49.4 Å². The highest BCUT2D eigenvalue weighted by Gasteiger charge is 2.41. The zero-order valence-corrected chi connectivity index (χ0v) is 16.8. The summed E-state index contributed by atoms with van der Waals surface area (Å²) in [5.74, 6) is 1.07. The van der Waals surface area contributed by atoms with Gasteiger partial charge in [-0.05, 0) is 45.8 Å². The summed E-state index contributed by atoms with van der Waals surface area (Å²) in [6.45, 7) is 0.897. The number of likely N-dealkylation sites (N-methyl/N-ethyl adjacent to an activating group) is 1. The van der Waals surface area contributed by atoms with E-state index in [-0.39, 0.29) is 5.60 Å². The van der Waals surface area contributed by atoms with Gasteiger partial charge in [-0.25, -0.2) is 0 Å². The van der Waals surface area contributed by atoms with Crippen molar-refractivity contribution < 1.29 is 4.74 Å². The molecule has 1 N–H and O–H groups in total. The monoisotopic (exact) mass is 368 g/mol. The fourth-order valence-electron chi connectivity index (χ4n) is 4.77. The van der Waals surface area contributed by atoms with Crippen LogP contribution in [0.4, 0.5) is 0 Å². The molecule has 2 heterocycles. The molecule has 0 amide bonds. The summed E-state index contributed by atoms with van der Waals surface area (Å²) in [4.78, 5) is 2.27. The predicted octanol–water partition coefficient (Wildman–Crippen LogP) is 3.84. The van der Waals surface area contributed by atoms with Crippen LogP contribution in [-0.4, -0.2) is 40.9 Å². The van der Waals surface area contributed by atoms with E-state index in [2.05, 4.69) is 59.9 Å². The molecule has 5 nitrogen and oxygen atoms in total. The maximum Gasteiger partial charge on any atom is 0.124 e. The number of para-hydroxylation sites is 1. The number of aromatic nitrogens is 2. The maximum absolute atomic E-state index is 6.57. The van der Waals surface area contributed by atoms with Crippen molar-refractivity contribution in [2.45, 2.75) is 56.2 Å². The van der Waals surface area contributed by atoms with Crippen molar-refractivity contribution in [1.82, 2.24) is 20.0 Å². The van der Waals surface area contributed by atoms with Gasteiger partial charge in [0.15, 0.2) is 0 Å². The number of hydrogen-bond acceptors (Lipinski definition) is 4. The number of benzene rings is 1. The third-order valence-corrected chi connectivity index (χ3v) is 6.25. The Hall–Kier alpha value is -1.85. The molecule has 146 valence electrons. The quantitative estimate of drug-likeness (QED) is 0.871. The third kappa shape index (κ3) is 3.90. The van der Waals surface area contributed by atoms with E-state index in [4.69, 9.17) is 4.74 Å². The first-order chi connectivity index (χ1) is 13.1. The van der Waals surface area contributed by atoms with Crippen molar-refractivity contribution in [3.8, 4) is 5.75 Å². The normalized spacial score (nSPS) is 22.4. The number of fused-ring (bicyclic) bond motifs is 1. The van der Waals surface area contributed by atoms with Gasteiger partial charge < -0.3 is 15.0 Å². The van der Waals surface area contributed by atoms with Crippen LogP contribution in [0.1, 0.15) is 61.7 Å². The Morgan fingerprint density at radius 2 is 2.04 bits per heavy atom. The molecular weight excluding hydrogens is 336 g/mol. The summed E-state index contributed by atoms with van der Waals surface area (Å²) >= 11 is 0. The van der Waals surface area contributed by atoms with E-state index in [1.165, 1.54) is 43.2 Å². The Kier molecular flexibility index (Phi) is 5.24. The summed E-state index contributed by atoms with van der Waals surface area (Å²) in [5.41, 5.74) is 2.58. The molecule has 1 aliphatic heterocycles. The topological polar surface area (TPSA) is 42.3 Å². The molecule has 5 heteroatoms. The zero-order valence-electron chi connectivity index (χ0n) is 16.8. The Bertz CT molecular complexity index is 763. The van der Waals surface area contributed by atoms with Crippen molar-refractivity contribution in [1.29, 1.82) is 0 Å². The molecule has 1 aromatic carbocycles. The van der Waals surface area contributed by atoms with Crippen molar-refractivity contribution in [2.75, 3.05) is 20.6 Å². The van der Waals surface area contributed by atoms with E-state index in [1.807, 2.05) is 17.9 Å². The lowest BCUT2D eigenvalue weighted by Crippen LogP contribution is -2.46. The van der Waals surface area contributed by atoms with Crippen molar-refractivity contribution in [3.05, 3.63) is 47.8 Å². The van der Waals surface area contributed by atoms with Crippen molar-refractivity contribution >= 4 is 0 Å². The molecule has 0 bridgehead atoms. The van der Waals surface area contributed by atoms with Crippen LogP contribution in [0.25, 0.3) is 0 Å². The number of nitrogens with zero attached hydrogens (tertiary/aromatic N) is 3. The molecule has 1 fully saturated rings. The first kappa shape index (κ1) is 18.5. The summed E-state index contributed by atoms with van der Waals surface area (Å²) in [6.07, 6.45) is 11.4. The SMILES string of the molecule is CN(C)[C@H](CN[C@@H]1CC2(CCCCC2)Oc2ccccc21)c1cnn(C)c1. The number of ether oxygens (including phenoxy) is 1. The minimum atomic E-state index is 0.0200. The molecule has 1 saturated carbocycles. The Balaban J connectivity index is 1.54. The van der Waals surface area contributed by atoms with Gasteiger partial charge in [-0.2, -0.15) is 5.10 Å². The van der Waals surface area contributed by atoms with Crippen molar-refractivity contribution in [3.63, 3.8) is 0 Å². The summed E-state index contributed by atoms with van der Waals surface area (Å²) in [5, 5.41) is 8.24. The fourth-order valence-corrected chi connectivity index (χ4v) is 4.77. The number of aryl methyl sites for hydroxylation is 1. The van der Waals surface area contributed by atoms with E-state index in [1.54, 1.807) is 0 Å².